The van der Waals surface area contributed by atoms with Gasteiger partial charge in [-0.1, -0.05) is 5.16 Å². The van der Waals surface area contributed by atoms with E-state index >= 15 is 0 Å². The van der Waals surface area contributed by atoms with Gasteiger partial charge in [0.25, 0.3) is 5.89 Å². The minimum atomic E-state index is -0.385. The van der Waals surface area contributed by atoms with Crippen molar-refractivity contribution in [3.8, 4) is 0 Å². The average Bonchev–Trinajstić information content (AvgIpc) is 2.93. The molecule has 0 aromatic carbocycles. The molecule has 18 heavy (non-hydrogen) atoms. The van der Waals surface area contributed by atoms with Crippen molar-refractivity contribution >= 4 is 0 Å². The van der Waals surface area contributed by atoms with Crippen molar-refractivity contribution in [3.05, 3.63) is 11.7 Å². The molecule has 3 rings (SSSR count). The van der Waals surface area contributed by atoms with Crippen LogP contribution in [-0.2, 0) is 21.7 Å². The summed E-state index contributed by atoms with van der Waals surface area (Å²) in [6.07, 6.45) is 1.98. The van der Waals surface area contributed by atoms with E-state index < -0.39 is 0 Å². The van der Waals surface area contributed by atoms with E-state index in [1.165, 1.54) is 0 Å². The lowest BCUT2D eigenvalue weighted by Crippen LogP contribution is -2.58. The fraction of sp³-hybridized carbons (Fsp3) is 0.833. The molecule has 6 heteroatoms. The fourth-order valence-corrected chi connectivity index (χ4v) is 2.30. The summed E-state index contributed by atoms with van der Waals surface area (Å²) < 4.78 is 16.7. The number of rotatable bonds is 4. The number of nitrogens with one attached hydrogen (secondary N) is 1. The first-order valence-electron chi connectivity index (χ1n) is 6.41. The normalized spacial score (nSPS) is 30.3. The van der Waals surface area contributed by atoms with Gasteiger partial charge in [0.1, 0.15) is 12.2 Å². The molecule has 2 aliphatic heterocycles. The van der Waals surface area contributed by atoms with Gasteiger partial charge in [-0.25, -0.2) is 0 Å². The molecule has 1 aromatic heterocycles. The van der Waals surface area contributed by atoms with Gasteiger partial charge in [0.2, 0.25) is 5.82 Å². The zero-order chi connectivity index (χ0) is 12.6. The van der Waals surface area contributed by atoms with Crippen LogP contribution in [0.3, 0.4) is 0 Å². The Hall–Kier alpha value is -0.980. The summed E-state index contributed by atoms with van der Waals surface area (Å²) in [5.74, 6) is 1.16. The van der Waals surface area contributed by atoms with Crippen LogP contribution in [0.4, 0.5) is 0 Å². The van der Waals surface area contributed by atoms with E-state index in [2.05, 4.69) is 22.4 Å². The topological polar surface area (TPSA) is 69.4 Å². The van der Waals surface area contributed by atoms with Crippen LogP contribution in [0.1, 0.15) is 38.4 Å². The molecule has 0 bridgehead atoms. The Balaban J connectivity index is 1.62. The molecule has 2 fully saturated rings. The second-order valence-electron chi connectivity index (χ2n) is 5.54. The minimum Gasteiger partial charge on any atom is -0.367 e. The Kier molecular flexibility index (Phi) is 2.88. The standard InChI is InChI=1S/C12H19N3O3/c1-11(7-13-8-11)17-6-9-14-10(15-18-9)12(2)4-3-5-16-12/h13H,3-8H2,1-2H3. The van der Waals surface area contributed by atoms with Crippen molar-refractivity contribution < 1.29 is 14.0 Å². The summed E-state index contributed by atoms with van der Waals surface area (Å²) in [7, 11) is 0. The number of hydrogen-bond donors (Lipinski definition) is 1. The Labute approximate surface area is 106 Å². The molecule has 1 atom stereocenters. The third-order valence-electron chi connectivity index (χ3n) is 3.70. The van der Waals surface area contributed by atoms with Crippen LogP contribution in [0.5, 0.6) is 0 Å². The second kappa shape index (κ2) is 4.29. The van der Waals surface area contributed by atoms with E-state index in [1.54, 1.807) is 0 Å². The van der Waals surface area contributed by atoms with Crippen LogP contribution >= 0.6 is 0 Å². The molecule has 3 heterocycles. The Morgan fingerprint density at radius 1 is 1.39 bits per heavy atom. The van der Waals surface area contributed by atoms with Crippen molar-refractivity contribution in [2.24, 2.45) is 0 Å². The lowest BCUT2D eigenvalue weighted by Gasteiger charge is -2.38. The predicted molar refractivity (Wildman–Crippen MR) is 62.9 cm³/mol. The summed E-state index contributed by atoms with van der Waals surface area (Å²) in [5, 5.41) is 7.19. The van der Waals surface area contributed by atoms with Crippen molar-refractivity contribution in [1.82, 2.24) is 15.5 Å². The van der Waals surface area contributed by atoms with E-state index in [0.717, 1.165) is 32.5 Å². The number of hydrogen-bond acceptors (Lipinski definition) is 6. The number of aromatic nitrogens is 2. The SMILES string of the molecule is CC1(OCc2nc(C3(C)CCCO3)no2)CNC1. The van der Waals surface area contributed by atoms with Crippen LogP contribution in [-0.4, -0.2) is 35.4 Å². The van der Waals surface area contributed by atoms with Gasteiger partial charge in [0, 0.05) is 19.7 Å². The van der Waals surface area contributed by atoms with Gasteiger partial charge < -0.3 is 19.3 Å². The highest BCUT2D eigenvalue weighted by Gasteiger charge is 2.37. The van der Waals surface area contributed by atoms with Gasteiger partial charge in [0.05, 0.1) is 5.60 Å². The molecule has 0 radical (unpaired) electrons. The summed E-state index contributed by atoms with van der Waals surface area (Å²) in [5.41, 5.74) is -0.480. The zero-order valence-corrected chi connectivity index (χ0v) is 10.9. The van der Waals surface area contributed by atoms with E-state index in [0.29, 0.717) is 18.3 Å². The van der Waals surface area contributed by atoms with Crippen LogP contribution in [0, 0.1) is 0 Å². The lowest BCUT2D eigenvalue weighted by atomic mass is 10.0. The fourth-order valence-electron chi connectivity index (χ4n) is 2.30. The number of nitrogens with zero attached hydrogens (tertiary/aromatic N) is 2. The second-order valence-corrected chi connectivity index (χ2v) is 5.54. The van der Waals surface area contributed by atoms with Crippen molar-refractivity contribution in [2.75, 3.05) is 19.7 Å². The molecule has 100 valence electrons. The van der Waals surface area contributed by atoms with Gasteiger partial charge in [-0.2, -0.15) is 4.98 Å². The molecular weight excluding hydrogens is 234 g/mol. The maximum absolute atomic E-state index is 5.76. The summed E-state index contributed by atoms with van der Waals surface area (Å²) >= 11 is 0. The molecule has 0 amide bonds. The van der Waals surface area contributed by atoms with Crippen molar-refractivity contribution in [1.29, 1.82) is 0 Å². The quantitative estimate of drug-likeness (QED) is 0.862. The first kappa shape index (κ1) is 12.1. The molecule has 2 saturated heterocycles. The van der Waals surface area contributed by atoms with Gasteiger partial charge in [-0.05, 0) is 26.7 Å². The highest BCUT2D eigenvalue weighted by atomic mass is 16.5. The molecule has 6 nitrogen and oxygen atoms in total. The Morgan fingerprint density at radius 2 is 2.22 bits per heavy atom. The molecule has 1 unspecified atom stereocenters. The summed E-state index contributed by atoms with van der Waals surface area (Å²) in [6, 6.07) is 0. The lowest BCUT2D eigenvalue weighted by molar-refractivity contribution is -0.0841. The largest absolute Gasteiger partial charge is 0.367 e. The highest BCUT2D eigenvalue weighted by molar-refractivity contribution is 5.01. The smallest absolute Gasteiger partial charge is 0.252 e. The molecule has 0 aliphatic carbocycles. The number of ether oxygens (including phenoxy) is 2. The minimum absolute atomic E-state index is 0.0948. The monoisotopic (exact) mass is 253 g/mol. The van der Waals surface area contributed by atoms with E-state index in [4.69, 9.17) is 14.0 Å². The van der Waals surface area contributed by atoms with E-state index in [9.17, 15) is 0 Å². The Bertz CT molecular complexity index is 422. The van der Waals surface area contributed by atoms with Crippen LogP contribution < -0.4 is 5.32 Å². The van der Waals surface area contributed by atoms with Gasteiger partial charge in [-0.3, -0.25) is 0 Å². The first-order chi connectivity index (χ1) is 8.60. The molecule has 1 N–H and O–H groups in total. The molecule has 0 spiro atoms. The molecule has 2 aliphatic rings. The summed E-state index contributed by atoms with van der Waals surface area (Å²) in [4.78, 5) is 4.38. The maximum Gasteiger partial charge on any atom is 0.252 e. The van der Waals surface area contributed by atoms with Crippen LogP contribution in [0.2, 0.25) is 0 Å². The van der Waals surface area contributed by atoms with Gasteiger partial charge in [0.15, 0.2) is 0 Å². The van der Waals surface area contributed by atoms with Gasteiger partial charge in [-0.15, -0.1) is 0 Å². The van der Waals surface area contributed by atoms with Crippen LogP contribution in [0.25, 0.3) is 0 Å². The van der Waals surface area contributed by atoms with Crippen molar-refractivity contribution in [2.45, 2.75) is 44.5 Å². The predicted octanol–water partition coefficient (Wildman–Crippen LogP) is 0.974. The zero-order valence-electron chi connectivity index (χ0n) is 10.9. The Morgan fingerprint density at radius 3 is 2.83 bits per heavy atom. The maximum atomic E-state index is 5.76. The molecule has 0 saturated carbocycles. The van der Waals surface area contributed by atoms with Gasteiger partial charge >= 0.3 is 0 Å². The average molecular weight is 253 g/mol. The summed E-state index contributed by atoms with van der Waals surface area (Å²) in [6.45, 7) is 6.94. The highest BCUT2D eigenvalue weighted by Crippen LogP contribution is 2.33. The van der Waals surface area contributed by atoms with Crippen LogP contribution in [0.15, 0.2) is 4.52 Å². The third kappa shape index (κ3) is 2.15. The molecular formula is C12H19N3O3. The van der Waals surface area contributed by atoms with E-state index in [-0.39, 0.29) is 11.2 Å². The third-order valence-corrected chi connectivity index (χ3v) is 3.70. The first-order valence-corrected chi connectivity index (χ1v) is 6.41. The molecule has 1 aromatic rings. The van der Waals surface area contributed by atoms with Crippen molar-refractivity contribution in [3.63, 3.8) is 0 Å². The van der Waals surface area contributed by atoms with E-state index in [1.807, 2.05) is 6.92 Å².